The van der Waals surface area contributed by atoms with Gasteiger partial charge < -0.3 is 9.73 Å². The topological polar surface area (TPSA) is 25.2 Å². The fraction of sp³-hybridized carbons (Fsp3) is 0.333. The van der Waals surface area contributed by atoms with E-state index >= 15 is 0 Å². The Morgan fingerprint density at radius 1 is 1.29 bits per heavy atom. The van der Waals surface area contributed by atoms with Crippen molar-refractivity contribution >= 4 is 15.9 Å². The van der Waals surface area contributed by atoms with Crippen molar-refractivity contribution in [3.63, 3.8) is 0 Å². The Kier molecular flexibility index (Phi) is 5.11. The van der Waals surface area contributed by atoms with E-state index in [4.69, 9.17) is 4.42 Å². The highest BCUT2D eigenvalue weighted by Crippen LogP contribution is 2.36. The zero-order chi connectivity index (χ0) is 15.5. The predicted molar refractivity (Wildman–Crippen MR) is 78.0 cm³/mol. The smallest absolute Gasteiger partial charge is 0.417 e. The van der Waals surface area contributed by atoms with Gasteiger partial charge in [0, 0.05) is 10.5 Å². The summed E-state index contributed by atoms with van der Waals surface area (Å²) >= 11 is 2.96. The minimum Gasteiger partial charge on any atom is -0.472 e. The number of alkyl halides is 3. The first kappa shape index (κ1) is 16.1. The van der Waals surface area contributed by atoms with Gasteiger partial charge in [-0.05, 0) is 42.3 Å². The predicted octanol–water partition coefficient (Wildman–Crippen LogP) is 4.95. The van der Waals surface area contributed by atoms with Crippen LogP contribution in [0.1, 0.15) is 29.7 Å². The van der Waals surface area contributed by atoms with Crippen molar-refractivity contribution in [1.29, 1.82) is 0 Å². The molecule has 6 heteroatoms. The van der Waals surface area contributed by atoms with E-state index in [0.717, 1.165) is 5.56 Å². The highest BCUT2D eigenvalue weighted by molar-refractivity contribution is 9.10. The molecule has 0 saturated heterocycles. The van der Waals surface area contributed by atoms with Crippen LogP contribution in [-0.4, -0.2) is 6.54 Å². The summed E-state index contributed by atoms with van der Waals surface area (Å²) in [6.45, 7) is 2.59. The van der Waals surface area contributed by atoms with E-state index in [1.54, 1.807) is 18.6 Å². The molecule has 0 radical (unpaired) electrons. The number of likely N-dealkylation sites (N-methyl/N-ethyl adjacent to an activating group) is 1. The number of rotatable bonds is 5. The molecule has 1 atom stereocenters. The minimum absolute atomic E-state index is 0.0531. The third-order valence-electron chi connectivity index (χ3n) is 3.17. The molecule has 2 nitrogen and oxygen atoms in total. The summed E-state index contributed by atoms with van der Waals surface area (Å²) in [6.07, 6.45) is -0.639. The lowest BCUT2D eigenvalue weighted by Crippen LogP contribution is -2.23. The Bertz CT molecular complexity index is 581. The van der Waals surface area contributed by atoms with Gasteiger partial charge in [-0.1, -0.05) is 28.9 Å². The SMILES string of the molecule is CCNC(Cc1ccoc1)c1ccc(Br)c(C(F)(F)F)c1. The molecule has 21 heavy (non-hydrogen) atoms. The van der Waals surface area contributed by atoms with Crippen LogP contribution in [-0.2, 0) is 12.6 Å². The molecule has 1 aromatic heterocycles. The average molecular weight is 362 g/mol. The molecule has 0 aliphatic rings. The van der Waals surface area contributed by atoms with Crippen LogP contribution >= 0.6 is 15.9 Å². The molecule has 0 saturated carbocycles. The van der Waals surface area contributed by atoms with Gasteiger partial charge in [-0.25, -0.2) is 0 Å². The average Bonchev–Trinajstić information content (AvgIpc) is 2.90. The molecule has 0 bridgehead atoms. The molecule has 114 valence electrons. The highest BCUT2D eigenvalue weighted by Gasteiger charge is 2.33. The van der Waals surface area contributed by atoms with E-state index in [2.05, 4.69) is 21.2 Å². The molecular formula is C15H15BrF3NO. The fourth-order valence-corrected chi connectivity index (χ4v) is 2.65. The van der Waals surface area contributed by atoms with Crippen LogP contribution in [0, 0.1) is 0 Å². The molecule has 1 aromatic carbocycles. The highest BCUT2D eigenvalue weighted by atomic mass is 79.9. The number of benzene rings is 1. The van der Waals surface area contributed by atoms with Crippen LogP contribution in [0.25, 0.3) is 0 Å². The molecular weight excluding hydrogens is 347 g/mol. The summed E-state index contributed by atoms with van der Waals surface area (Å²) < 4.78 is 44.0. The number of nitrogens with one attached hydrogen (secondary N) is 1. The normalized spacial score (nSPS) is 13.4. The Balaban J connectivity index is 2.32. The monoisotopic (exact) mass is 361 g/mol. The van der Waals surface area contributed by atoms with Crippen LogP contribution in [0.3, 0.4) is 0 Å². The third kappa shape index (κ3) is 4.11. The van der Waals surface area contributed by atoms with E-state index in [0.29, 0.717) is 18.5 Å². The lowest BCUT2D eigenvalue weighted by atomic mass is 9.98. The molecule has 2 rings (SSSR count). The summed E-state index contributed by atoms with van der Waals surface area (Å²) in [5.74, 6) is 0. The second kappa shape index (κ2) is 6.66. The summed E-state index contributed by atoms with van der Waals surface area (Å²) in [5, 5.41) is 3.21. The first-order valence-electron chi connectivity index (χ1n) is 6.53. The maximum atomic E-state index is 13.0. The molecule has 1 heterocycles. The first-order valence-corrected chi connectivity index (χ1v) is 7.32. The van der Waals surface area contributed by atoms with E-state index in [1.807, 2.05) is 13.0 Å². The van der Waals surface area contributed by atoms with Gasteiger partial charge in [0.05, 0.1) is 18.1 Å². The van der Waals surface area contributed by atoms with E-state index in [1.165, 1.54) is 12.1 Å². The number of hydrogen-bond acceptors (Lipinski definition) is 2. The van der Waals surface area contributed by atoms with Gasteiger partial charge in [-0.2, -0.15) is 13.2 Å². The van der Waals surface area contributed by atoms with Gasteiger partial charge in [0.2, 0.25) is 0 Å². The Morgan fingerprint density at radius 3 is 2.62 bits per heavy atom. The van der Waals surface area contributed by atoms with Crippen LogP contribution < -0.4 is 5.32 Å². The van der Waals surface area contributed by atoms with Gasteiger partial charge in [-0.15, -0.1) is 0 Å². The molecule has 2 aromatic rings. The molecule has 0 aliphatic carbocycles. The van der Waals surface area contributed by atoms with Crippen molar-refractivity contribution < 1.29 is 17.6 Å². The third-order valence-corrected chi connectivity index (χ3v) is 3.86. The Morgan fingerprint density at radius 2 is 2.05 bits per heavy atom. The Labute approximate surface area is 129 Å². The summed E-state index contributed by atoms with van der Waals surface area (Å²) in [6, 6.07) is 5.96. The largest absolute Gasteiger partial charge is 0.472 e. The van der Waals surface area contributed by atoms with E-state index < -0.39 is 11.7 Å². The lowest BCUT2D eigenvalue weighted by molar-refractivity contribution is -0.138. The second-order valence-electron chi connectivity index (χ2n) is 4.68. The van der Waals surface area contributed by atoms with Gasteiger partial charge in [-0.3, -0.25) is 0 Å². The number of hydrogen-bond donors (Lipinski definition) is 1. The lowest BCUT2D eigenvalue weighted by Gasteiger charge is -2.20. The van der Waals surface area contributed by atoms with Crippen LogP contribution in [0.15, 0.2) is 45.7 Å². The quantitative estimate of drug-likeness (QED) is 0.814. The zero-order valence-corrected chi connectivity index (χ0v) is 13.0. The molecule has 1 unspecified atom stereocenters. The maximum absolute atomic E-state index is 13.0. The summed E-state index contributed by atoms with van der Waals surface area (Å²) in [5.41, 5.74) is 0.890. The standard InChI is InChI=1S/C15H15BrF3NO/c1-2-20-14(7-10-5-6-21-9-10)11-3-4-13(16)12(8-11)15(17,18)19/h3-6,8-9,14,20H,2,7H2,1H3. The summed E-state index contributed by atoms with van der Waals surface area (Å²) in [7, 11) is 0. The molecule has 0 amide bonds. The van der Waals surface area contributed by atoms with Crippen molar-refractivity contribution in [3.05, 3.63) is 58.0 Å². The summed E-state index contributed by atoms with van der Waals surface area (Å²) in [4.78, 5) is 0. The molecule has 1 N–H and O–H groups in total. The Hall–Kier alpha value is -1.27. The van der Waals surface area contributed by atoms with Gasteiger partial charge in [0.15, 0.2) is 0 Å². The number of furan rings is 1. The van der Waals surface area contributed by atoms with E-state index in [9.17, 15) is 13.2 Å². The molecule has 0 fully saturated rings. The van der Waals surface area contributed by atoms with Gasteiger partial charge >= 0.3 is 6.18 Å². The second-order valence-corrected chi connectivity index (χ2v) is 5.54. The van der Waals surface area contributed by atoms with Crippen LogP contribution in [0.2, 0.25) is 0 Å². The first-order chi connectivity index (χ1) is 9.91. The number of halogens is 4. The van der Waals surface area contributed by atoms with Crippen LogP contribution in [0.5, 0.6) is 0 Å². The maximum Gasteiger partial charge on any atom is 0.417 e. The molecule has 0 aliphatic heterocycles. The van der Waals surface area contributed by atoms with Gasteiger partial charge in [0.25, 0.3) is 0 Å². The van der Waals surface area contributed by atoms with Crippen molar-refractivity contribution in [3.8, 4) is 0 Å². The molecule has 0 spiro atoms. The zero-order valence-electron chi connectivity index (χ0n) is 11.4. The van der Waals surface area contributed by atoms with Gasteiger partial charge in [0.1, 0.15) is 0 Å². The van der Waals surface area contributed by atoms with Crippen LogP contribution in [0.4, 0.5) is 13.2 Å². The van der Waals surface area contributed by atoms with Crippen molar-refractivity contribution in [1.82, 2.24) is 5.32 Å². The van der Waals surface area contributed by atoms with Crippen molar-refractivity contribution in [2.24, 2.45) is 0 Å². The van der Waals surface area contributed by atoms with E-state index in [-0.39, 0.29) is 10.5 Å². The fourth-order valence-electron chi connectivity index (χ4n) is 2.18. The van der Waals surface area contributed by atoms with Crippen molar-refractivity contribution in [2.45, 2.75) is 25.6 Å². The minimum atomic E-state index is -4.37. The van der Waals surface area contributed by atoms with Crippen molar-refractivity contribution in [2.75, 3.05) is 6.54 Å².